The van der Waals surface area contributed by atoms with E-state index in [1.54, 1.807) is 0 Å². The first-order valence-corrected chi connectivity index (χ1v) is 8.49. The topological polar surface area (TPSA) is 15.3 Å². The summed E-state index contributed by atoms with van der Waals surface area (Å²) >= 11 is 0. The van der Waals surface area contributed by atoms with E-state index in [9.17, 15) is 0 Å². The van der Waals surface area contributed by atoms with Gasteiger partial charge in [-0.25, -0.2) is 0 Å². The first-order chi connectivity index (χ1) is 9.92. The van der Waals surface area contributed by atoms with E-state index in [4.69, 9.17) is 0 Å². The van der Waals surface area contributed by atoms with Crippen molar-refractivity contribution in [2.24, 2.45) is 0 Å². The van der Waals surface area contributed by atoms with Crippen LogP contribution in [0, 0.1) is 13.8 Å². The summed E-state index contributed by atoms with van der Waals surface area (Å²) in [5.41, 5.74) is 4.58. The Kier molecular flexibility index (Phi) is 5.45. The number of nitrogens with zero attached hydrogens (tertiary/aromatic N) is 1. The van der Waals surface area contributed by atoms with Gasteiger partial charge in [-0.2, -0.15) is 0 Å². The molecular weight excluding hydrogens is 256 g/mol. The summed E-state index contributed by atoms with van der Waals surface area (Å²) in [5.74, 6) is 0. The molecule has 118 valence electrons. The third kappa shape index (κ3) is 4.31. The van der Waals surface area contributed by atoms with Crippen LogP contribution in [0.5, 0.6) is 0 Å². The van der Waals surface area contributed by atoms with Gasteiger partial charge in [0.15, 0.2) is 0 Å². The Morgan fingerprint density at radius 1 is 1.19 bits per heavy atom. The van der Waals surface area contributed by atoms with E-state index < -0.39 is 0 Å². The maximum absolute atomic E-state index is 3.68. The zero-order valence-corrected chi connectivity index (χ0v) is 14.5. The van der Waals surface area contributed by atoms with Crippen LogP contribution in [0.25, 0.3) is 0 Å². The number of benzene rings is 1. The Bertz CT molecular complexity index is 444. The highest BCUT2D eigenvalue weighted by atomic mass is 15.2. The molecule has 1 heterocycles. The number of likely N-dealkylation sites (tertiary alicyclic amines) is 1. The van der Waals surface area contributed by atoms with E-state index in [-0.39, 0.29) is 0 Å². The summed E-state index contributed by atoms with van der Waals surface area (Å²) in [7, 11) is 0. The van der Waals surface area contributed by atoms with Gasteiger partial charge in [0.1, 0.15) is 0 Å². The second-order valence-corrected chi connectivity index (χ2v) is 7.22. The smallest absolute Gasteiger partial charge is 0.0332 e. The molecule has 0 spiro atoms. The lowest BCUT2D eigenvalue weighted by molar-refractivity contribution is 0.166. The summed E-state index contributed by atoms with van der Waals surface area (Å²) in [6.07, 6.45) is 3.88. The van der Waals surface area contributed by atoms with Gasteiger partial charge >= 0.3 is 0 Å². The third-order valence-electron chi connectivity index (χ3n) is 4.86. The Morgan fingerprint density at radius 3 is 2.38 bits per heavy atom. The lowest BCUT2D eigenvalue weighted by atomic mass is 9.97. The molecule has 21 heavy (non-hydrogen) atoms. The molecule has 1 fully saturated rings. The molecule has 0 saturated carbocycles. The summed E-state index contributed by atoms with van der Waals surface area (Å²) in [6, 6.07) is 7.42. The first kappa shape index (κ1) is 16.5. The molecule has 0 bridgehead atoms. The molecule has 1 aromatic rings. The largest absolute Gasteiger partial charge is 0.310 e. The summed E-state index contributed by atoms with van der Waals surface area (Å²) in [6.45, 7) is 14.9. The van der Waals surface area contributed by atoms with E-state index in [2.05, 4.69) is 63.0 Å². The Labute approximate surface area is 130 Å². The molecule has 1 aromatic carbocycles. The van der Waals surface area contributed by atoms with Crippen LogP contribution in [0.4, 0.5) is 0 Å². The van der Waals surface area contributed by atoms with Crippen molar-refractivity contribution < 1.29 is 0 Å². The van der Waals surface area contributed by atoms with E-state index in [1.165, 1.54) is 49.0 Å². The molecule has 1 aliphatic heterocycles. The number of rotatable bonds is 6. The Morgan fingerprint density at radius 2 is 1.86 bits per heavy atom. The normalized spacial score (nSPS) is 19.9. The van der Waals surface area contributed by atoms with Crippen molar-refractivity contribution in [3.05, 3.63) is 34.9 Å². The molecule has 2 rings (SSSR count). The number of aryl methyl sites for hydroxylation is 2. The van der Waals surface area contributed by atoms with Crippen LogP contribution < -0.4 is 5.32 Å². The van der Waals surface area contributed by atoms with Gasteiger partial charge in [0.2, 0.25) is 0 Å². The second-order valence-electron chi connectivity index (χ2n) is 7.22. The van der Waals surface area contributed by atoms with Gasteiger partial charge in [-0.3, -0.25) is 4.90 Å². The average molecular weight is 288 g/mol. The zero-order valence-electron chi connectivity index (χ0n) is 14.5. The lowest BCUT2D eigenvalue weighted by Gasteiger charge is -2.33. The van der Waals surface area contributed by atoms with Crippen molar-refractivity contribution in [3.63, 3.8) is 0 Å². The van der Waals surface area contributed by atoms with Crippen LogP contribution in [-0.4, -0.2) is 30.1 Å². The van der Waals surface area contributed by atoms with Gasteiger partial charge in [0, 0.05) is 18.1 Å². The molecule has 1 unspecified atom stereocenters. The molecule has 0 aromatic heterocycles. The third-order valence-corrected chi connectivity index (χ3v) is 4.86. The quantitative estimate of drug-likeness (QED) is 0.843. The number of nitrogens with one attached hydrogen (secondary N) is 1. The molecule has 0 amide bonds. The molecule has 2 nitrogen and oxygen atoms in total. The van der Waals surface area contributed by atoms with Crippen molar-refractivity contribution in [1.82, 2.24) is 10.2 Å². The second kappa shape index (κ2) is 6.93. The summed E-state index contributed by atoms with van der Waals surface area (Å²) < 4.78 is 0. The van der Waals surface area contributed by atoms with Crippen molar-refractivity contribution >= 4 is 0 Å². The number of hydrogen-bond acceptors (Lipinski definition) is 2. The van der Waals surface area contributed by atoms with Crippen LogP contribution in [-0.2, 0) is 0 Å². The van der Waals surface area contributed by atoms with Crippen molar-refractivity contribution in [2.45, 2.75) is 65.5 Å². The van der Waals surface area contributed by atoms with Crippen molar-refractivity contribution in [2.75, 3.05) is 19.6 Å². The molecule has 1 N–H and O–H groups in total. The van der Waals surface area contributed by atoms with Gasteiger partial charge in [-0.1, -0.05) is 36.2 Å². The van der Waals surface area contributed by atoms with E-state index in [1.807, 2.05) is 0 Å². The van der Waals surface area contributed by atoms with Crippen LogP contribution in [0.3, 0.4) is 0 Å². The minimum absolute atomic E-state index is 0.388. The SMILES string of the molecule is CCNC(CCN1CCCC1(C)C)c1cc(C)cc(C)c1. The summed E-state index contributed by atoms with van der Waals surface area (Å²) in [4.78, 5) is 2.67. The maximum Gasteiger partial charge on any atom is 0.0332 e. The van der Waals surface area contributed by atoms with Gasteiger partial charge in [0.05, 0.1) is 0 Å². The minimum Gasteiger partial charge on any atom is -0.310 e. The van der Waals surface area contributed by atoms with E-state index in [0.717, 1.165) is 6.54 Å². The fraction of sp³-hybridized carbons (Fsp3) is 0.684. The molecule has 1 saturated heterocycles. The Balaban J connectivity index is 2.05. The molecule has 0 aliphatic carbocycles. The standard InChI is InChI=1S/C19H32N2/c1-6-20-18(17-13-15(2)12-16(3)14-17)8-11-21-10-7-9-19(21,4)5/h12-14,18,20H,6-11H2,1-5H3. The van der Waals surface area contributed by atoms with Crippen molar-refractivity contribution in [3.8, 4) is 0 Å². The van der Waals surface area contributed by atoms with Gasteiger partial charge < -0.3 is 5.32 Å². The fourth-order valence-corrected chi connectivity index (χ4v) is 3.71. The van der Waals surface area contributed by atoms with E-state index in [0.29, 0.717) is 11.6 Å². The van der Waals surface area contributed by atoms with Gasteiger partial charge in [-0.05, 0) is 65.6 Å². The monoisotopic (exact) mass is 288 g/mol. The van der Waals surface area contributed by atoms with Crippen LogP contribution >= 0.6 is 0 Å². The number of hydrogen-bond donors (Lipinski definition) is 1. The molecule has 2 heteroatoms. The highest BCUT2D eigenvalue weighted by Gasteiger charge is 2.31. The molecule has 1 aliphatic rings. The van der Waals surface area contributed by atoms with E-state index >= 15 is 0 Å². The fourth-order valence-electron chi connectivity index (χ4n) is 3.71. The van der Waals surface area contributed by atoms with Crippen LogP contribution in [0.15, 0.2) is 18.2 Å². The summed E-state index contributed by atoms with van der Waals surface area (Å²) in [5, 5.41) is 3.68. The average Bonchev–Trinajstić information content (AvgIpc) is 2.72. The minimum atomic E-state index is 0.388. The first-order valence-electron chi connectivity index (χ1n) is 8.49. The molecule has 1 atom stereocenters. The highest BCUT2D eigenvalue weighted by molar-refractivity contribution is 5.30. The predicted octanol–water partition coefficient (Wildman–Crippen LogP) is 4.22. The maximum atomic E-state index is 3.68. The lowest BCUT2D eigenvalue weighted by Crippen LogP contribution is -2.40. The van der Waals surface area contributed by atoms with Crippen LogP contribution in [0.2, 0.25) is 0 Å². The van der Waals surface area contributed by atoms with Crippen molar-refractivity contribution in [1.29, 1.82) is 0 Å². The Hall–Kier alpha value is -0.860. The van der Waals surface area contributed by atoms with Gasteiger partial charge in [0.25, 0.3) is 0 Å². The van der Waals surface area contributed by atoms with Gasteiger partial charge in [-0.15, -0.1) is 0 Å². The van der Waals surface area contributed by atoms with Crippen LogP contribution in [0.1, 0.15) is 62.8 Å². The molecular formula is C19H32N2. The predicted molar refractivity (Wildman–Crippen MR) is 91.8 cm³/mol. The highest BCUT2D eigenvalue weighted by Crippen LogP contribution is 2.29. The zero-order chi connectivity index (χ0) is 15.5. The molecule has 0 radical (unpaired) electrons.